The SMILES string of the molecule is CNc1cc2cc(C=O)ccc2c(C)n1. The lowest BCUT2D eigenvalue weighted by atomic mass is 10.1. The van der Waals surface area contributed by atoms with E-state index in [0.29, 0.717) is 5.56 Å². The number of anilines is 1. The summed E-state index contributed by atoms with van der Waals surface area (Å²) >= 11 is 0. The van der Waals surface area contributed by atoms with E-state index < -0.39 is 0 Å². The van der Waals surface area contributed by atoms with Gasteiger partial charge in [-0.2, -0.15) is 0 Å². The molecule has 1 N–H and O–H groups in total. The number of fused-ring (bicyclic) bond motifs is 1. The van der Waals surface area contributed by atoms with Crippen molar-refractivity contribution in [3.05, 3.63) is 35.5 Å². The second-order valence-electron chi connectivity index (χ2n) is 3.44. The fourth-order valence-corrected chi connectivity index (χ4v) is 1.65. The number of hydrogen-bond donors (Lipinski definition) is 1. The number of nitrogens with one attached hydrogen (secondary N) is 1. The van der Waals surface area contributed by atoms with Gasteiger partial charge in [-0.05, 0) is 24.4 Å². The highest BCUT2D eigenvalue weighted by Gasteiger charge is 2.02. The van der Waals surface area contributed by atoms with Crippen LogP contribution in [-0.2, 0) is 0 Å². The van der Waals surface area contributed by atoms with E-state index in [1.807, 2.05) is 38.2 Å². The molecule has 3 heteroatoms. The summed E-state index contributed by atoms with van der Waals surface area (Å²) in [6.45, 7) is 1.96. The van der Waals surface area contributed by atoms with E-state index in [9.17, 15) is 4.79 Å². The number of hydrogen-bond acceptors (Lipinski definition) is 3. The zero-order chi connectivity index (χ0) is 10.8. The highest BCUT2D eigenvalue weighted by Crippen LogP contribution is 2.21. The van der Waals surface area contributed by atoms with Gasteiger partial charge in [-0.1, -0.05) is 12.1 Å². The standard InChI is InChI=1S/C12H12N2O/c1-8-11-4-3-9(7-15)5-10(11)6-12(13-2)14-8/h3-7H,1-2H3,(H,13,14). The van der Waals surface area contributed by atoms with Gasteiger partial charge >= 0.3 is 0 Å². The van der Waals surface area contributed by atoms with Crippen LogP contribution in [0.4, 0.5) is 5.82 Å². The second kappa shape index (κ2) is 3.69. The Kier molecular flexibility index (Phi) is 2.37. The van der Waals surface area contributed by atoms with Crippen LogP contribution in [0.2, 0.25) is 0 Å². The minimum absolute atomic E-state index is 0.690. The molecule has 2 aromatic rings. The molecule has 0 atom stereocenters. The summed E-state index contributed by atoms with van der Waals surface area (Å²) in [4.78, 5) is 15.0. The lowest BCUT2D eigenvalue weighted by molar-refractivity contribution is 0.112. The first kappa shape index (κ1) is 9.65. The van der Waals surface area contributed by atoms with E-state index in [4.69, 9.17) is 0 Å². The van der Waals surface area contributed by atoms with Gasteiger partial charge in [0.1, 0.15) is 12.1 Å². The molecule has 1 aromatic heterocycles. The molecule has 0 unspecified atom stereocenters. The van der Waals surface area contributed by atoms with Crippen LogP contribution < -0.4 is 5.32 Å². The third-order valence-corrected chi connectivity index (χ3v) is 2.44. The predicted octanol–water partition coefficient (Wildman–Crippen LogP) is 2.40. The molecule has 0 spiro atoms. The summed E-state index contributed by atoms with van der Waals surface area (Å²) in [5, 5.41) is 5.12. The van der Waals surface area contributed by atoms with E-state index >= 15 is 0 Å². The molecule has 0 saturated carbocycles. The molecule has 1 aromatic carbocycles. The fraction of sp³-hybridized carbons (Fsp3) is 0.167. The molecule has 0 aliphatic carbocycles. The molecular formula is C12H12N2O. The number of aryl methyl sites for hydroxylation is 1. The van der Waals surface area contributed by atoms with Gasteiger partial charge in [0.15, 0.2) is 0 Å². The Morgan fingerprint density at radius 1 is 1.33 bits per heavy atom. The average molecular weight is 200 g/mol. The molecule has 1 heterocycles. The first-order valence-electron chi connectivity index (χ1n) is 4.79. The van der Waals surface area contributed by atoms with E-state index in [2.05, 4.69) is 10.3 Å². The molecule has 2 rings (SSSR count). The van der Waals surface area contributed by atoms with Gasteiger partial charge in [0.2, 0.25) is 0 Å². The summed E-state index contributed by atoms with van der Waals surface area (Å²) in [5.41, 5.74) is 1.66. The van der Waals surface area contributed by atoms with Crippen LogP contribution >= 0.6 is 0 Å². The van der Waals surface area contributed by atoms with Crippen LogP contribution in [0.1, 0.15) is 16.1 Å². The van der Waals surface area contributed by atoms with Gasteiger partial charge in [-0.15, -0.1) is 0 Å². The molecule has 0 bridgehead atoms. The molecule has 3 nitrogen and oxygen atoms in total. The van der Waals surface area contributed by atoms with Gasteiger partial charge in [0.05, 0.1) is 0 Å². The topological polar surface area (TPSA) is 42.0 Å². The van der Waals surface area contributed by atoms with Crippen molar-refractivity contribution in [2.75, 3.05) is 12.4 Å². The molecule has 15 heavy (non-hydrogen) atoms. The molecule has 0 saturated heterocycles. The minimum Gasteiger partial charge on any atom is -0.373 e. The van der Waals surface area contributed by atoms with Crippen molar-refractivity contribution >= 4 is 22.9 Å². The lowest BCUT2D eigenvalue weighted by Crippen LogP contribution is -1.95. The van der Waals surface area contributed by atoms with E-state index in [-0.39, 0.29) is 0 Å². The number of carbonyl (C=O) groups excluding carboxylic acids is 1. The van der Waals surface area contributed by atoms with Crippen LogP contribution in [0, 0.1) is 6.92 Å². The van der Waals surface area contributed by atoms with Crippen LogP contribution in [0.25, 0.3) is 10.8 Å². The molecule has 0 fully saturated rings. The average Bonchev–Trinajstić information content (AvgIpc) is 2.28. The highest BCUT2D eigenvalue weighted by molar-refractivity contribution is 5.91. The summed E-state index contributed by atoms with van der Waals surface area (Å²) in [7, 11) is 1.83. The van der Waals surface area contributed by atoms with Crippen molar-refractivity contribution in [2.24, 2.45) is 0 Å². The van der Waals surface area contributed by atoms with Crippen LogP contribution in [0.15, 0.2) is 24.3 Å². The van der Waals surface area contributed by atoms with Crippen molar-refractivity contribution in [1.82, 2.24) is 4.98 Å². The zero-order valence-electron chi connectivity index (χ0n) is 8.74. The van der Waals surface area contributed by atoms with E-state index in [1.54, 1.807) is 0 Å². The van der Waals surface area contributed by atoms with Crippen LogP contribution in [-0.4, -0.2) is 18.3 Å². The third kappa shape index (κ3) is 1.68. The van der Waals surface area contributed by atoms with Gasteiger partial charge in [-0.25, -0.2) is 4.98 Å². The number of carbonyl (C=O) groups is 1. The zero-order valence-corrected chi connectivity index (χ0v) is 8.74. The molecular weight excluding hydrogens is 188 g/mol. The Morgan fingerprint density at radius 2 is 2.13 bits per heavy atom. The predicted molar refractivity (Wildman–Crippen MR) is 61.4 cm³/mol. The summed E-state index contributed by atoms with van der Waals surface area (Å²) < 4.78 is 0. The maximum atomic E-state index is 10.7. The van der Waals surface area contributed by atoms with Gasteiger partial charge < -0.3 is 5.32 Å². The van der Waals surface area contributed by atoms with Crippen molar-refractivity contribution in [1.29, 1.82) is 0 Å². The maximum Gasteiger partial charge on any atom is 0.150 e. The Morgan fingerprint density at radius 3 is 2.80 bits per heavy atom. The van der Waals surface area contributed by atoms with Crippen molar-refractivity contribution in [2.45, 2.75) is 6.92 Å². The molecule has 0 aliphatic rings. The van der Waals surface area contributed by atoms with Gasteiger partial charge in [0, 0.05) is 23.7 Å². The molecule has 0 aliphatic heterocycles. The third-order valence-electron chi connectivity index (χ3n) is 2.44. The Labute approximate surface area is 88.1 Å². The second-order valence-corrected chi connectivity index (χ2v) is 3.44. The van der Waals surface area contributed by atoms with Gasteiger partial charge in [0.25, 0.3) is 0 Å². The molecule has 0 radical (unpaired) electrons. The van der Waals surface area contributed by atoms with Crippen molar-refractivity contribution < 1.29 is 4.79 Å². The Balaban J connectivity index is 2.74. The van der Waals surface area contributed by atoms with E-state index in [0.717, 1.165) is 28.6 Å². The summed E-state index contributed by atoms with van der Waals surface area (Å²) in [6, 6.07) is 7.55. The fourth-order valence-electron chi connectivity index (χ4n) is 1.65. The Hall–Kier alpha value is -1.90. The smallest absolute Gasteiger partial charge is 0.150 e. The quantitative estimate of drug-likeness (QED) is 0.757. The number of aldehydes is 1. The largest absolute Gasteiger partial charge is 0.373 e. The van der Waals surface area contributed by atoms with Crippen LogP contribution in [0.5, 0.6) is 0 Å². The normalized spacial score (nSPS) is 10.3. The van der Waals surface area contributed by atoms with Crippen molar-refractivity contribution in [3.63, 3.8) is 0 Å². The van der Waals surface area contributed by atoms with E-state index in [1.165, 1.54) is 0 Å². The lowest BCUT2D eigenvalue weighted by Gasteiger charge is -2.06. The number of pyridine rings is 1. The monoisotopic (exact) mass is 200 g/mol. The highest BCUT2D eigenvalue weighted by atomic mass is 16.1. The van der Waals surface area contributed by atoms with Gasteiger partial charge in [-0.3, -0.25) is 4.79 Å². The number of nitrogens with zero attached hydrogens (tertiary/aromatic N) is 1. The number of benzene rings is 1. The molecule has 0 amide bonds. The Bertz CT molecular complexity index is 520. The number of rotatable bonds is 2. The number of aromatic nitrogens is 1. The minimum atomic E-state index is 0.690. The van der Waals surface area contributed by atoms with Crippen molar-refractivity contribution in [3.8, 4) is 0 Å². The first-order valence-corrected chi connectivity index (χ1v) is 4.79. The summed E-state index contributed by atoms with van der Waals surface area (Å²) in [6.07, 6.45) is 0.855. The molecule has 76 valence electrons. The van der Waals surface area contributed by atoms with Crippen LogP contribution in [0.3, 0.4) is 0 Å². The first-order chi connectivity index (χ1) is 7.24. The maximum absolute atomic E-state index is 10.7. The summed E-state index contributed by atoms with van der Waals surface area (Å²) in [5.74, 6) is 0.822.